The molecule has 0 N–H and O–H groups in total. The molecule has 0 saturated heterocycles. The van der Waals surface area contributed by atoms with Crippen molar-refractivity contribution in [1.82, 2.24) is 9.80 Å². The van der Waals surface area contributed by atoms with E-state index in [2.05, 4.69) is 4.99 Å². The predicted molar refractivity (Wildman–Crippen MR) is 85.1 cm³/mol. The molecule has 0 heterocycles. The fourth-order valence-corrected chi connectivity index (χ4v) is 1.65. The second-order valence-electron chi connectivity index (χ2n) is 4.49. The molecular formula is C13H21FIN3. The van der Waals surface area contributed by atoms with E-state index in [0.717, 1.165) is 11.5 Å². The molecule has 5 heteroatoms. The van der Waals surface area contributed by atoms with E-state index in [0.29, 0.717) is 12.1 Å². The van der Waals surface area contributed by atoms with E-state index >= 15 is 0 Å². The second kappa shape index (κ2) is 7.56. The molecule has 0 spiro atoms. The van der Waals surface area contributed by atoms with Crippen LogP contribution in [0.15, 0.2) is 23.2 Å². The van der Waals surface area contributed by atoms with Crippen molar-refractivity contribution in [2.45, 2.75) is 13.5 Å². The molecule has 0 aromatic heterocycles. The Kier molecular flexibility index (Phi) is 7.20. The maximum absolute atomic E-state index is 13.1. The first-order chi connectivity index (χ1) is 7.91. The minimum Gasteiger partial charge on any atom is -0.349 e. The number of nitrogens with zero attached hydrogens (tertiary/aromatic N) is 3. The zero-order valence-corrected chi connectivity index (χ0v) is 13.9. The molecule has 0 aliphatic rings. The van der Waals surface area contributed by atoms with Crippen LogP contribution in [0, 0.1) is 12.7 Å². The third-order valence-corrected chi connectivity index (χ3v) is 2.43. The summed E-state index contributed by atoms with van der Waals surface area (Å²) in [5.41, 5.74) is 1.68. The Labute approximate surface area is 126 Å². The van der Waals surface area contributed by atoms with E-state index in [1.165, 1.54) is 6.07 Å². The zero-order chi connectivity index (χ0) is 13.0. The maximum Gasteiger partial charge on any atom is 0.195 e. The summed E-state index contributed by atoms with van der Waals surface area (Å²) in [7, 11) is 7.81. The summed E-state index contributed by atoms with van der Waals surface area (Å²) in [6, 6.07) is 5.10. The number of guanidine groups is 1. The van der Waals surface area contributed by atoms with Crippen molar-refractivity contribution in [3.63, 3.8) is 0 Å². The highest BCUT2D eigenvalue weighted by molar-refractivity contribution is 14.0. The molecule has 1 aromatic rings. The Morgan fingerprint density at radius 3 is 2.17 bits per heavy atom. The average Bonchev–Trinajstić information content (AvgIpc) is 2.22. The fourth-order valence-electron chi connectivity index (χ4n) is 1.65. The van der Waals surface area contributed by atoms with Crippen LogP contribution in [0.1, 0.15) is 11.1 Å². The van der Waals surface area contributed by atoms with Gasteiger partial charge in [-0.3, -0.25) is 0 Å². The van der Waals surface area contributed by atoms with Gasteiger partial charge in [-0.15, -0.1) is 24.0 Å². The molecule has 1 aromatic carbocycles. The number of benzene rings is 1. The van der Waals surface area contributed by atoms with Gasteiger partial charge >= 0.3 is 0 Å². The van der Waals surface area contributed by atoms with Gasteiger partial charge in [0.1, 0.15) is 5.82 Å². The van der Waals surface area contributed by atoms with Gasteiger partial charge < -0.3 is 9.80 Å². The highest BCUT2D eigenvalue weighted by Crippen LogP contribution is 2.10. The van der Waals surface area contributed by atoms with Gasteiger partial charge in [-0.05, 0) is 24.1 Å². The smallest absolute Gasteiger partial charge is 0.195 e. The van der Waals surface area contributed by atoms with Gasteiger partial charge in [-0.2, -0.15) is 0 Å². The molecule has 0 atom stereocenters. The Balaban J connectivity index is 0.00000289. The molecule has 102 valence electrons. The van der Waals surface area contributed by atoms with Gasteiger partial charge in [0.25, 0.3) is 0 Å². The van der Waals surface area contributed by atoms with E-state index in [1.807, 2.05) is 44.1 Å². The molecule has 0 amide bonds. The third kappa shape index (κ3) is 4.80. The molecule has 18 heavy (non-hydrogen) atoms. The summed E-state index contributed by atoms with van der Waals surface area (Å²) in [5, 5.41) is 0. The van der Waals surface area contributed by atoms with Crippen molar-refractivity contribution in [3.8, 4) is 0 Å². The van der Waals surface area contributed by atoms with Gasteiger partial charge in [0.15, 0.2) is 5.96 Å². The third-order valence-electron chi connectivity index (χ3n) is 2.43. The van der Waals surface area contributed by atoms with Crippen LogP contribution in [0.2, 0.25) is 0 Å². The molecule has 0 fully saturated rings. The Morgan fingerprint density at radius 2 is 1.72 bits per heavy atom. The fraction of sp³-hybridized carbons (Fsp3) is 0.462. The summed E-state index contributed by atoms with van der Waals surface area (Å²) in [6.45, 7) is 2.33. The van der Waals surface area contributed by atoms with E-state index < -0.39 is 0 Å². The van der Waals surface area contributed by atoms with Crippen molar-refractivity contribution >= 4 is 29.9 Å². The first-order valence-electron chi connectivity index (χ1n) is 5.56. The van der Waals surface area contributed by atoms with Crippen LogP contribution in [-0.2, 0) is 6.54 Å². The lowest BCUT2D eigenvalue weighted by molar-refractivity contribution is 0.479. The standard InChI is InChI=1S/C13H20FN3.HI/c1-10-8-11(6-7-12(10)14)9-15-13(16(2)3)17(4)5;/h6-8H,9H2,1-5H3;1H. The lowest BCUT2D eigenvalue weighted by atomic mass is 10.1. The summed E-state index contributed by atoms with van der Waals surface area (Å²) in [4.78, 5) is 8.42. The topological polar surface area (TPSA) is 18.8 Å². The van der Waals surface area contributed by atoms with E-state index in [-0.39, 0.29) is 29.8 Å². The lowest BCUT2D eigenvalue weighted by Gasteiger charge is -2.22. The van der Waals surface area contributed by atoms with E-state index in [4.69, 9.17) is 0 Å². The van der Waals surface area contributed by atoms with Gasteiger partial charge in [-0.1, -0.05) is 12.1 Å². The summed E-state index contributed by atoms with van der Waals surface area (Å²) in [6.07, 6.45) is 0. The molecule has 0 bridgehead atoms. The molecule has 1 rings (SSSR count). The van der Waals surface area contributed by atoms with Crippen molar-refractivity contribution in [1.29, 1.82) is 0 Å². The van der Waals surface area contributed by atoms with E-state index in [1.54, 1.807) is 13.0 Å². The highest BCUT2D eigenvalue weighted by Gasteiger charge is 2.04. The SMILES string of the molecule is Cc1cc(CN=C(N(C)C)N(C)C)ccc1F.I. The number of hydrogen-bond donors (Lipinski definition) is 0. The number of aliphatic imine (C=N–C) groups is 1. The quantitative estimate of drug-likeness (QED) is 0.456. The number of rotatable bonds is 2. The van der Waals surface area contributed by atoms with Gasteiger partial charge in [-0.25, -0.2) is 9.38 Å². The maximum atomic E-state index is 13.1. The Morgan fingerprint density at radius 1 is 1.17 bits per heavy atom. The molecule has 0 saturated carbocycles. The molecule has 0 aliphatic carbocycles. The van der Waals surface area contributed by atoms with Crippen molar-refractivity contribution in [3.05, 3.63) is 35.1 Å². The van der Waals surface area contributed by atoms with Crippen LogP contribution in [-0.4, -0.2) is 44.0 Å². The van der Waals surface area contributed by atoms with Crippen LogP contribution in [0.25, 0.3) is 0 Å². The zero-order valence-electron chi connectivity index (χ0n) is 11.6. The van der Waals surface area contributed by atoms with Crippen LogP contribution in [0.3, 0.4) is 0 Å². The predicted octanol–water partition coefficient (Wildman–Crippen LogP) is 2.73. The monoisotopic (exact) mass is 365 g/mol. The van der Waals surface area contributed by atoms with Gasteiger partial charge in [0, 0.05) is 28.2 Å². The summed E-state index contributed by atoms with van der Waals surface area (Å²) in [5.74, 6) is 0.727. The summed E-state index contributed by atoms with van der Waals surface area (Å²) < 4.78 is 13.1. The first kappa shape index (κ1) is 17.2. The lowest BCUT2D eigenvalue weighted by Crippen LogP contribution is -2.35. The van der Waals surface area contributed by atoms with Gasteiger partial charge in [0.2, 0.25) is 0 Å². The molecule has 0 unspecified atom stereocenters. The van der Waals surface area contributed by atoms with Crippen LogP contribution in [0.4, 0.5) is 4.39 Å². The highest BCUT2D eigenvalue weighted by atomic mass is 127. The van der Waals surface area contributed by atoms with Crippen LogP contribution >= 0.6 is 24.0 Å². The van der Waals surface area contributed by atoms with Crippen LogP contribution < -0.4 is 0 Å². The van der Waals surface area contributed by atoms with E-state index in [9.17, 15) is 4.39 Å². The van der Waals surface area contributed by atoms with Crippen molar-refractivity contribution in [2.75, 3.05) is 28.2 Å². The second-order valence-corrected chi connectivity index (χ2v) is 4.49. The number of halogens is 2. The number of aryl methyl sites for hydroxylation is 1. The first-order valence-corrected chi connectivity index (χ1v) is 5.56. The van der Waals surface area contributed by atoms with Gasteiger partial charge in [0.05, 0.1) is 6.54 Å². The summed E-state index contributed by atoms with van der Waals surface area (Å²) >= 11 is 0. The largest absolute Gasteiger partial charge is 0.349 e. The average molecular weight is 365 g/mol. The minimum absolute atomic E-state index is 0. The van der Waals surface area contributed by atoms with Crippen molar-refractivity contribution in [2.24, 2.45) is 4.99 Å². The molecule has 0 aliphatic heterocycles. The Hall–Kier alpha value is -0.850. The molecular weight excluding hydrogens is 344 g/mol. The Bertz CT molecular complexity index is 407. The normalized spacial score (nSPS) is 9.44. The van der Waals surface area contributed by atoms with Crippen molar-refractivity contribution < 1.29 is 4.39 Å². The minimum atomic E-state index is -0.168. The number of hydrogen-bond acceptors (Lipinski definition) is 1. The molecule has 3 nitrogen and oxygen atoms in total. The van der Waals surface area contributed by atoms with Crippen LogP contribution in [0.5, 0.6) is 0 Å². The molecule has 0 radical (unpaired) electrons.